The number of urea groups is 1. The molecule has 0 radical (unpaired) electrons. The van der Waals surface area contributed by atoms with Crippen LogP contribution in [0.3, 0.4) is 0 Å². The molecule has 0 fully saturated rings. The maximum atomic E-state index is 10.9. The van der Waals surface area contributed by atoms with Crippen molar-refractivity contribution in [3.05, 3.63) is 34.3 Å². The highest BCUT2D eigenvalue weighted by atomic mass is 16.4. The standard InChI is InChI=1S/C9H10N4O3/c10-13-8(14)11-4-5-1-2-7-6(3-5)12-9(15)16-7/h1-3H,4,10H2,(H,12,15)(H2,11,13,14). The van der Waals surface area contributed by atoms with E-state index in [4.69, 9.17) is 10.3 Å². The Bertz CT molecular complexity index is 571. The highest BCUT2D eigenvalue weighted by Gasteiger charge is 2.02. The minimum absolute atomic E-state index is 0.312. The van der Waals surface area contributed by atoms with Crippen molar-refractivity contribution in [1.29, 1.82) is 0 Å². The van der Waals surface area contributed by atoms with Crippen LogP contribution in [0, 0.1) is 0 Å². The van der Waals surface area contributed by atoms with E-state index in [2.05, 4.69) is 10.3 Å². The molecule has 0 bridgehead atoms. The predicted molar refractivity (Wildman–Crippen MR) is 56.4 cm³/mol. The molecule has 1 heterocycles. The Hall–Kier alpha value is -2.28. The van der Waals surface area contributed by atoms with Crippen LogP contribution in [0.15, 0.2) is 27.4 Å². The van der Waals surface area contributed by atoms with E-state index in [1.165, 1.54) is 0 Å². The molecule has 0 saturated carbocycles. The first-order chi connectivity index (χ1) is 7.69. The number of hydrogen-bond acceptors (Lipinski definition) is 4. The number of oxazole rings is 1. The molecular formula is C9H10N4O3. The maximum Gasteiger partial charge on any atom is 0.417 e. The van der Waals surface area contributed by atoms with Gasteiger partial charge in [-0.3, -0.25) is 10.4 Å². The van der Waals surface area contributed by atoms with Gasteiger partial charge in [0.1, 0.15) is 0 Å². The Morgan fingerprint density at radius 3 is 3.06 bits per heavy atom. The number of hydrazine groups is 1. The van der Waals surface area contributed by atoms with Crippen molar-refractivity contribution in [2.45, 2.75) is 6.54 Å². The van der Waals surface area contributed by atoms with Crippen molar-refractivity contribution in [3.63, 3.8) is 0 Å². The van der Waals surface area contributed by atoms with Gasteiger partial charge in [0.25, 0.3) is 0 Å². The Balaban J connectivity index is 2.19. The van der Waals surface area contributed by atoms with Crippen LogP contribution in [-0.2, 0) is 6.54 Å². The summed E-state index contributed by atoms with van der Waals surface area (Å²) >= 11 is 0. The lowest BCUT2D eigenvalue weighted by atomic mass is 10.2. The average molecular weight is 222 g/mol. The number of fused-ring (bicyclic) bond motifs is 1. The zero-order valence-electron chi connectivity index (χ0n) is 8.24. The number of hydrogen-bond donors (Lipinski definition) is 4. The fourth-order valence-electron chi connectivity index (χ4n) is 1.34. The summed E-state index contributed by atoms with van der Waals surface area (Å²) in [6.07, 6.45) is 0. The summed E-state index contributed by atoms with van der Waals surface area (Å²) in [7, 11) is 0. The van der Waals surface area contributed by atoms with E-state index in [1.807, 2.05) is 5.43 Å². The Morgan fingerprint density at radius 1 is 1.50 bits per heavy atom. The number of benzene rings is 1. The van der Waals surface area contributed by atoms with Gasteiger partial charge in [0.05, 0.1) is 5.52 Å². The number of nitrogens with one attached hydrogen (secondary N) is 3. The predicted octanol–water partition coefficient (Wildman–Crippen LogP) is -0.206. The number of H-pyrrole nitrogens is 1. The van der Waals surface area contributed by atoms with Gasteiger partial charge >= 0.3 is 11.8 Å². The molecule has 7 nitrogen and oxygen atoms in total. The molecule has 2 amide bonds. The zero-order valence-corrected chi connectivity index (χ0v) is 8.24. The molecule has 5 N–H and O–H groups in total. The molecule has 0 saturated heterocycles. The average Bonchev–Trinajstić information content (AvgIpc) is 2.65. The third-order valence-electron chi connectivity index (χ3n) is 2.07. The highest BCUT2D eigenvalue weighted by molar-refractivity contribution is 5.74. The number of aromatic nitrogens is 1. The third kappa shape index (κ3) is 2.04. The number of amides is 2. The molecule has 1 aromatic heterocycles. The van der Waals surface area contributed by atoms with E-state index in [0.29, 0.717) is 17.6 Å². The summed E-state index contributed by atoms with van der Waals surface area (Å²) in [5, 5.41) is 2.52. The van der Waals surface area contributed by atoms with Crippen LogP contribution in [0.4, 0.5) is 4.79 Å². The van der Waals surface area contributed by atoms with E-state index < -0.39 is 11.8 Å². The number of rotatable bonds is 2. The van der Waals surface area contributed by atoms with Crippen LogP contribution in [0.25, 0.3) is 11.1 Å². The Morgan fingerprint density at radius 2 is 2.31 bits per heavy atom. The minimum Gasteiger partial charge on any atom is -0.408 e. The molecule has 0 unspecified atom stereocenters. The monoisotopic (exact) mass is 222 g/mol. The largest absolute Gasteiger partial charge is 0.417 e. The summed E-state index contributed by atoms with van der Waals surface area (Å²) in [4.78, 5) is 24.2. The lowest BCUT2D eigenvalue weighted by Crippen LogP contribution is -2.39. The van der Waals surface area contributed by atoms with E-state index in [-0.39, 0.29) is 0 Å². The molecular weight excluding hydrogens is 212 g/mol. The summed E-state index contributed by atoms with van der Waals surface area (Å²) in [5.41, 5.74) is 3.86. The first-order valence-corrected chi connectivity index (χ1v) is 4.55. The molecule has 16 heavy (non-hydrogen) atoms. The van der Waals surface area contributed by atoms with Crippen LogP contribution in [0.2, 0.25) is 0 Å². The Labute approximate surface area is 89.6 Å². The van der Waals surface area contributed by atoms with Crippen LogP contribution < -0.4 is 22.3 Å². The number of carbonyl (C=O) groups excluding carboxylic acids is 1. The van der Waals surface area contributed by atoms with Gasteiger partial charge in [0, 0.05) is 6.54 Å². The van der Waals surface area contributed by atoms with Gasteiger partial charge in [-0.15, -0.1) is 0 Å². The minimum atomic E-state index is -0.500. The molecule has 0 aliphatic rings. The van der Waals surface area contributed by atoms with Crippen molar-refractivity contribution in [3.8, 4) is 0 Å². The van der Waals surface area contributed by atoms with E-state index in [9.17, 15) is 9.59 Å². The number of nitrogens with two attached hydrogens (primary N) is 1. The second kappa shape index (κ2) is 4.07. The van der Waals surface area contributed by atoms with Gasteiger partial charge in [-0.2, -0.15) is 0 Å². The van der Waals surface area contributed by atoms with Gasteiger partial charge in [0.2, 0.25) is 0 Å². The van der Waals surface area contributed by atoms with Gasteiger partial charge in [0.15, 0.2) is 5.58 Å². The molecule has 0 atom stereocenters. The molecule has 0 aliphatic carbocycles. The molecule has 0 aliphatic heterocycles. The van der Waals surface area contributed by atoms with E-state index in [1.54, 1.807) is 18.2 Å². The summed E-state index contributed by atoms with van der Waals surface area (Å²) in [6, 6.07) is 4.65. The van der Waals surface area contributed by atoms with E-state index in [0.717, 1.165) is 5.56 Å². The number of aromatic amines is 1. The van der Waals surface area contributed by atoms with Gasteiger partial charge in [-0.25, -0.2) is 15.4 Å². The SMILES string of the molecule is NNC(=O)NCc1ccc2oc(=O)[nH]c2c1. The maximum absolute atomic E-state index is 10.9. The molecule has 2 aromatic rings. The zero-order chi connectivity index (χ0) is 11.5. The van der Waals surface area contributed by atoms with Gasteiger partial charge < -0.3 is 9.73 Å². The third-order valence-corrected chi connectivity index (χ3v) is 2.07. The summed E-state index contributed by atoms with van der Waals surface area (Å²) < 4.78 is 4.84. The molecule has 7 heteroatoms. The van der Waals surface area contributed by atoms with Crippen molar-refractivity contribution >= 4 is 17.1 Å². The van der Waals surface area contributed by atoms with Crippen molar-refractivity contribution in [2.24, 2.45) is 5.84 Å². The molecule has 2 rings (SSSR count). The lowest BCUT2D eigenvalue weighted by Gasteiger charge is -2.03. The van der Waals surface area contributed by atoms with Gasteiger partial charge in [-0.1, -0.05) is 6.07 Å². The summed E-state index contributed by atoms with van der Waals surface area (Å²) in [5.74, 6) is 4.41. The number of carbonyl (C=O) groups is 1. The second-order valence-corrected chi connectivity index (χ2v) is 3.17. The van der Waals surface area contributed by atoms with Crippen LogP contribution in [0.1, 0.15) is 5.56 Å². The van der Waals surface area contributed by atoms with Crippen molar-refractivity contribution in [1.82, 2.24) is 15.7 Å². The smallest absolute Gasteiger partial charge is 0.408 e. The quantitative estimate of drug-likeness (QED) is 0.320. The van der Waals surface area contributed by atoms with Crippen LogP contribution in [-0.4, -0.2) is 11.0 Å². The van der Waals surface area contributed by atoms with E-state index >= 15 is 0 Å². The first-order valence-electron chi connectivity index (χ1n) is 4.55. The normalized spacial score (nSPS) is 10.3. The molecule has 84 valence electrons. The van der Waals surface area contributed by atoms with Crippen LogP contribution >= 0.6 is 0 Å². The van der Waals surface area contributed by atoms with Crippen molar-refractivity contribution in [2.75, 3.05) is 0 Å². The lowest BCUT2D eigenvalue weighted by molar-refractivity contribution is 0.241. The van der Waals surface area contributed by atoms with Gasteiger partial charge in [-0.05, 0) is 17.7 Å². The van der Waals surface area contributed by atoms with Crippen LogP contribution in [0.5, 0.6) is 0 Å². The topological polar surface area (TPSA) is 113 Å². The summed E-state index contributed by atoms with van der Waals surface area (Å²) in [6.45, 7) is 0.312. The Kier molecular flexibility index (Phi) is 2.61. The fourth-order valence-corrected chi connectivity index (χ4v) is 1.34. The fraction of sp³-hybridized carbons (Fsp3) is 0.111. The highest BCUT2D eigenvalue weighted by Crippen LogP contribution is 2.11. The molecule has 1 aromatic carbocycles. The molecule has 0 spiro atoms. The first kappa shape index (κ1) is 10.2. The van der Waals surface area contributed by atoms with Crippen molar-refractivity contribution < 1.29 is 9.21 Å². The second-order valence-electron chi connectivity index (χ2n) is 3.17.